The summed E-state index contributed by atoms with van der Waals surface area (Å²) in [5.41, 5.74) is 4.30. The smallest absolute Gasteiger partial charge is 0.258 e. The molecule has 5 nitrogen and oxygen atoms in total. The second-order valence-electron chi connectivity index (χ2n) is 7.12. The number of fused-ring (bicyclic) bond motifs is 1. The number of benzene rings is 2. The van der Waals surface area contributed by atoms with Crippen LogP contribution in [0, 0.1) is 13.8 Å². The molecule has 142 valence electrons. The molecule has 3 rings (SSSR count). The van der Waals surface area contributed by atoms with Gasteiger partial charge in [0.1, 0.15) is 11.6 Å². The second kappa shape index (κ2) is 8.25. The van der Waals surface area contributed by atoms with Gasteiger partial charge in [-0.15, -0.1) is 0 Å². The number of nitrogens with zero attached hydrogens (tertiary/aromatic N) is 2. The zero-order valence-electron chi connectivity index (χ0n) is 16.5. The van der Waals surface area contributed by atoms with Crippen LogP contribution in [0.2, 0.25) is 0 Å². The maximum absolute atomic E-state index is 12.2. The fraction of sp³-hybridized carbons (Fsp3) is 0.364. The van der Waals surface area contributed by atoms with E-state index in [1.165, 1.54) is 5.56 Å². The van der Waals surface area contributed by atoms with Crippen LogP contribution in [0.15, 0.2) is 42.5 Å². The van der Waals surface area contributed by atoms with Crippen LogP contribution >= 0.6 is 0 Å². The number of rotatable bonds is 7. The number of ether oxygens (including phenoxy) is 1. The van der Waals surface area contributed by atoms with E-state index < -0.39 is 0 Å². The molecule has 0 unspecified atom stereocenters. The molecule has 5 heteroatoms. The van der Waals surface area contributed by atoms with Gasteiger partial charge in [-0.05, 0) is 49.1 Å². The topological polar surface area (TPSA) is 56.1 Å². The molecule has 1 amide bonds. The maximum Gasteiger partial charge on any atom is 0.258 e. The molecule has 0 aliphatic heterocycles. The second-order valence-corrected chi connectivity index (χ2v) is 7.12. The maximum atomic E-state index is 12.2. The number of carbonyl (C=O) groups excluding carboxylic acids is 1. The molecule has 3 aromatic rings. The van der Waals surface area contributed by atoms with E-state index in [0.717, 1.165) is 28.2 Å². The van der Waals surface area contributed by atoms with Gasteiger partial charge in [0.25, 0.3) is 5.91 Å². The third-order valence-corrected chi connectivity index (χ3v) is 4.74. The first-order chi connectivity index (χ1) is 13.0. The molecule has 1 N–H and O–H groups in total. The minimum absolute atomic E-state index is 0.0199. The van der Waals surface area contributed by atoms with Crippen molar-refractivity contribution < 1.29 is 9.53 Å². The molecule has 0 fully saturated rings. The number of amides is 1. The van der Waals surface area contributed by atoms with Crippen LogP contribution in [-0.2, 0) is 11.3 Å². The summed E-state index contributed by atoms with van der Waals surface area (Å²) in [5, 5.41) is 2.93. The van der Waals surface area contributed by atoms with Crippen LogP contribution in [0.5, 0.6) is 5.75 Å². The first kappa shape index (κ1) is 19.0. The minimum Gasteiger partial charge on any atom is -0.483 e. The van der Waals surface area contributed by atoms with Gasteiger partial charge in [-0.2, -0.15) is 0 Å². The van der Waals surface area contributed by atoms with Crippen molar-refractivity contribution in [3.05, 3.63) is 59.4 Å². The lowest BCUT2D eigenvalue weighted by Gasteiger charge is -2.13. The standard InChI is InChI=1S/C22H27N3O2/c1-15(2)18-10-9-16(3)21(13-18)27-14-22(26)23-11-12-25-17(4)24-19-7-5-6-8-20(19)25/h5-10,13,15H,11-12,14H2,1-4H3,(H,23,26). The molecular formula is C22H27N3O2. The lowest BCUT2D eigenvalue weighted by atomic mass is 10.0. The third kappa shape index (κ3) is 4.48. The van der Waals surface area contributed by atoms with Crippen molar-refractivity contribution in [2.75, 3.05) is 13.2 Å². The van der Waals surface area contributed by atoms with Gasteiger partial charge < -0.3 is 14.6 Å². The van der Waals surface area contributed by atoms with Gasteiger partial charge in [0.05, 0.1) is 11.0 Å². The lowest BCUT2D eigenvalue weighted by molar-refractivity contribution is -0.123. The summed E-state index contributed by atoms with van der Waals surface area (Å²) < 4.78 is 7.86. The predicted octanol–water partition coefficient (Wildman–Crippen LogP) is 3.97. The Hall–Kier alpha value is -2.82. The van der Waals surface area contributed by atoms with Gasteiger partial charge in [-0.1, -0.05) is 38.1 Å². The number of carbonyl (C=O) groups is 1. The molecule has 0 aliphatic carbocycles. The number of aryl methyl sites for hydroxylation is 2. The van der Waals surface area contributed by atoms with Crippen molar-refractivity contribution in [3.8, 4) is 5.75 Å². The van der Waals surface area contributed by atoms with Crippen molar-refractivity contribution in [1.29, 1.82) is 0 Å². The summed E-state index contributed by atoms with van der Waals surface area (Å²) in [4.78, 5) is 16.7. The number of imidazole rings is 1. The quantitative estimate of drug-likeness (QED) is 0.689. The van der Waals surface area contributed by atoms with Crippen LogP contribution in [0.1, 0.15) is 36.7 Å². The van der Waals surface area contributed by atoms with E-state index >= 15 is 0 Å². The first-order valence-electron chi connectivity index (χ1n) is 9.37. The van der Waals surface area contributed by atoms with Crippen molar-refractivity contribution in [1.82, 2.24) is 14.9 Å². The Labute approximate surface area is 160 Å². The molecule has 0 bridgehead atoms. The largest absolute Gasteiger partial charge is 0.483 e. The number of nitrogens with one attached hydrogen (secondary N) is 1. The summed E-state index contributed by atoms with van der Waals surface area (Å²) in [6.45, 7) is 9.49. The average Bonchev–Trinajstić information content (AvgIpc) is 2.96. The highest BCUT2D eigenvalue weighted by molar-refractivity contribution is 5.78. The van der Waals surface area contributed by atoms with Crippen LogP contribution in [0.3, 0.4) is 0 Å². The van der Waals surface area contributed by atoms with E-state index in [4.69, 9.17) is 4.74 Å². The molecule has 0 atom stereocenters. The molecule has 2 aromatic carbocycles. The fourth-order valence-corrected chi connectivity index (χ4v) is 3.11. The van der Waals surface area contributed by atoms with E-state index in [2.05, 4.69) is 34.8 Å². The van der Waals surface area contributed by atoms with Crippen molar-refractivity contribution >= 4 is 16.9 Å². The number of aromatic nitrogens is 2. The highest BCUT2D eigenvalue weighted by Crippen LogP contribution is 2.24. The van der Waals surface area contributed by atoms with E-state index in [-0.39, 0.29) is 12.5 Å². The van der Waals surface area contributed by atoms with Gasteiger partial charge in [0, 0.05) is 13.1 Å². The monoisotopic (exact) mass is 365 g/mol. The highest BCUT2D eigenvalue weighted by Gasteiger charge is 2.09. The fourth-order valence-electron chi connectivity index (χ4n) is 3.11. The van der Waals surface area contributed by atoms with Crippen molar-refractivity contribution in [2.45, 2.75) is 40.2 Å². The van der Waals surface area contributed by atoms with Crippen LogP contribution < -0.4 is 10.1 Å². The molecule has 27 heavy (non-hydrogen) atoms. The summed E-state index contributed by atoms with van der Waals surface area (Å²) in [6.07, 6.45) is 0. The highest BCUT2D eigenvalue weighted by atomic mass is 16.5. The lowest BCUT2D eigenvalue weighted by Crippen LogP contribution is -2.31. The van der Waals surface area contributed by atoms with E-state index in [0.29, 0.717) is 19.0 Å². The molecule has 1 aromatic heterocycles. The zero-order chi connectivity index (χ0) is 19.4. The predicted molar refractivity (Wildman–Crippen MR) is 108 cm³/mol. The Kier molecular flexibility index (Phi) is 5.79. The Morgan fingerprint density at radius 3 is 2.74 bits per heavy atom. The van der Waals surface area contributed by atoms with Gasteiger partial charge in [0.2, 0.25) is 0 Å². The molecule has 0 radical (unpaired) electrons. The Balaban J connectivity index is 1.53. The average molecular weight is 365 g/mol. The minimum atomic E-state index is -0.119. The van der Waals surface area contributed by atoms with Crippen LogP contribution in [0.4, 0.5) is 0 Å². The van der Waals surface area contributed by atoms with Gasteiger partial charge in [0.15, 0.2) is 6.61 Å². The molecule has 0 spiro atoms. The Bertz CT molecular complexity index is 944. The third-order valence-electron chi connectivity index (χ3n) is 4.74. The first-order valence-corrected chi connectivity index (χ1v) is 9.37. The molecule has 1 heterocycles. The summed E-state index contributed by atoms with van der Waals surface area (Å²) >= 11 is 0. The van der Waals surface area contributed by atoms with E-state index in [1.54, 1.807) is 0 Å². The van der Waals surface area contributed by atoms with Gasteiger partial charge in [-0.25, -0.2) is 4.98 Å². The van der Waals surface area contributed by atoms with Gasteiger partial charge in [-0.3, -0.25) is 4.79 Å². The van der Waals surface area contributed by atoms with Crippen molar-refractivity contribution in [2.24, 2.45) is 0 Å². The Morgan fingerprint density at radius 1 is 1.19 bits per heavy atom. The molecular weight excluding hydrogens is 338 g/mol. The van der Waals surface area contributed by atoms with Crippen LogP contribution in [0.25, 0.3) is 11.0 Å². The summed E-state index contributed by atoms with van der Waals surface area (Å²) in [6, 6.07) is 14.2. The summed E-state index contributed by atoms with van der Waals surface area (Å²) in [5.74, 6) is 2.03. The number of hydrogen-bond acceptors (Lipinski definition) is 3. The van der Waals surface area contributed by atoms with E-state index in [9.17, 15) is 4.79 Å². The van der Waals surface area contributed by atoms with E-state index in [1.807, 2.05) is 50.2 Å². The molecule has 0 aliphatic rings. The zero-order valence-corrected chi connectivity index (χ0v) is 16.5. The van der Waals surface area contributed by atoms with Gasteiger partial charge >= 0.3 is 0 Å². The number of para-hydroxylation sites is 2. The SMILES string of the molecule is Cc1ccc(C(C)C)cc1OCC(=O)NCCn1c(C)nc2ccccc21. The Morgan fingerprint density at radius 2 is 1.96 bits per heavy atom. The molecule has 0 saturated heterocycles. The normalized spacial score (nSPS) is 11.1. The molecule has 0 saturated carbocycles. The van der Waals surface area contributed by atoms with Crippen molar-refractivity contribution in [3.63, 3.8) is 0 Å². The summed E-state index contributed by atoms with van der Waals surface area (Å²) in [7, 11) is 0. The number of hydrogen-bond donors (Lipinski definition) is 1. The van der Waals surface area contributed by atoms with Crippen LogP contribution in [-0.4, -0.2) is 28.6 Å².